The third-order valence-corrected chi connectivity index (χ3v) is 6.27. The summed E-state index contributed by atoms with van der Waals surface area (Å²) in [5, 5.41) is 2.10. The van der Waals surface area contributed by atoms with E-state index in [4.69, 9.17) is 0 Å². The Labute approximate surface area is 170 Å². The number of rotatable bonds is 5. The molecule has 0 spiro atoms. The molecule has 1 atom stereocenters. The summed E-state index contributed by atoms with van der Waals surface area (Å²) in [4.78, 5) is 22.5. The molecular weight excluding hydrogens is 366 g/mol. The summed E-state index contributed by atoms with van der Waals surface area (Å²) < 4.78 is 0. The Morgan fingerprint density at radius 3 is 2.54 bits per heavy atom. The van der Waals surface area contributed by atoms with Crippen molar-refractivity contribution in [2.24, 2.45) is 5.92 Å². The number of likely N-dealkylation sites (N-methyl/N-ethyl adjacent to an activating group) is 1. The second-order valence-electron chi connectivity index (χ2n) is 7.43. The Kier molecular flexibility index (Phi) is 5.84. The number of nitrogens with zero attached hydrogens (tertiary/aromatic N) is 3. The van der Waals surface area contributed by atoms with Crippen LogP contribution in [-0.2, 0) is 17.8 Å². The molecule has 1 aliphatic heterocycles. The van der Waals surface area contributed by atoms with Gasteiger partial charge in [-0.25, -0.2) is 0 Å². The zero-order chi connectivity index (χ0) is 19.3. The smallest absolute Gasteiger partial charge is 0.227 e. The van der Waals surface area contributed by atoms with Gasteiger partial charge in [0, 0.05) is 50.5 Å². The third-order valence-electron chi connectivity index (χ3n) is 5.35. The van der Waals surface area contributed by atoms with Gasteiger partial charge >= 0.3 is 0 Å². The van der Waals surface area contributed by atoms with Gasteiger partial charge in [0.05, 0.1) is 5.92 Å². The Bertz CT molecular complexity index is 893. The first kappa shape index (κ1) is 18.8. The molecule has 5 heteroatoms. The van der Waals surface area contributed by atoms with Gasteiger partial charge in [0.25, 0.3) is 0 Å². The number of pyridine rings is 1. The van der Waals surface area contributed by atoms with E-state index in [1.165, 1.54) is 21.6 Å². The van der Waals surface area contributed by atoms with E-state index in [1.54, 1.807) is 11.3 Å². The minimum absolute atomic E-state index is 0.0121. The van der Waals surface area contributed by atoms with E-state index in [2.05, 4.69) is 63.8 Å². The zero-order valence-electron chi connectivity index (χ0n) is 16.1. The standard InChI is InChI=1S/C23H25N3OS/c1-25-12-13-26(16-19-8-10-24-11-9-19)17-21(23(25)27)15-18-4-6-20(7-5-18)22-3-2-14-28-22/h2-11,14,21H,12-13,15-17H2,1H3/t21-/m1/s1. The molecule has 3 heterocycles. The third kappa shape index (κ3) is 4.49. The number of hydrogen-bond donors (Lipinski definition) is 0. The van der Waals surface area contributed by atoms with Gasteiger partial charge < -0.3 is 4.90 Å². The molecule has 0 N–H and O–H groups in total. The molecule has 28 heavy (non-hydrogen) atoms. The summed E-state index contributed by atoms with van der Waals surface area (Å²) in [6.45, 7) is 3.33. The van der Waals surface area contributed by atoms with Crippen molar-refractivity contribution in [3.8, 4) is 10.4 Å². The summed E-state index contributed by atoms with van der Waals surface area (Å²) in [6, 6.07) is 17.0. The lowest BCUT2D eigenvalue weighted by Crippen LogP contribution is -2.34. The highest BCUT2D eigenvalue weighted by Crippen LogP contribution is 2.26. The summed E-state index contributed by atoms with van der Waals surface area (Å²) in [5.74, 6) is 0.237. The Hall–Kier alpha value is -2.50. The normalized spacial score (nSPS) is 18.2. The molecule has 1 aromatic carbocycles. The van der Waals surface area contributed by atoms with Crippen LogP contribution in [0.3, 0.4) is 0 Å². The fraction of sp³-hybridized carbons (Fsp3) is 0.304. The molecule has 0 unspecified atom stereocenters. The van der Waals surface area contributed by atoms with Gasteiger partial charge in [0.15, 0.2) is 0 Å². The second kappa shape index (κ2) is 8.67. The predicted octanol–water partition coefficient (Wildman–Crippen LogP) is 3.94. The van der Waals surface area contributed by atoms with Crippen molar-refractivity contribution in [1.29, 1.82) is 0 Å². The van der Waals surface area contributed by atoms with Crippen LogP contribution >= 0.6 is 11.3 Å². The van der Waals surface area contributed by atoms with Gasteiger partial charge in [-0.2, -0.15) is 0 Å². The summed E-state index contributed by atoms with van der Waals surface area (Å²) in [5.41, 5.74) is 3.70. The van der Waals surface area contributed by atoms with Crippen LogP contribution in [0.1, 0.15) is 11.1 Å². The molecule has 144 valence electrons. The number of carbonyl (C=O) groups excluding carboxylic acids is 1. The molecular formula is C23H25N3OS. The average Bonchev–Trinajstić information content (AvgIpc) is 3.23. The Morgan fingerprint density at radius 2 is 1.82 bits per heavy atom. The van der Waals surface area contributed by atoms with Crippen LogP contribution in [0, 0.1) is 5.92 Å². The first-order valence-electron chi connectivity index (χ1n) is 9.68. The minimum Gasteiger partial charge on any atom is -0.344 e. The van der Waals surface area contributed by atoms with Crippen molar-refractivity contribution in [2.75, 3.05) is 26.7 Å². The molecule has 0 radical (unpaired) electrons. The van der Waals surface area contributed by atoms with Crippen molar-refractivity contribution < 1.29 is 4.79 Å². The number of hydrogen-bond acceptors (Lipinski definition) is 4. The van der Waals surface area contributed by atoms with Crippen LogP contribution < -0.4 is 0 Å². The van der Waals surface area contributed by atoms with E-state index in [9.17, 15) is 4.79 Å². The number of carbonyl (C=O) groups is 1. The highest BCUT2D eigenvalue weighted by Gasteiger charge is 2.28. The molecule has 0 bridgehead atoms. The molecule has 1 aliphatic rings. The Morgan fingerprint density at radius 1 is 1.04 bits per heavy atom. The first-order chi connectivity index (χ1) is 13.7. The van der Waals surface area contributed by atoms with E-state index in [0.717, 1.165) is 32.6 Å². The summed E-state index contributed by atoms with van der Waals surface area (Å²) in [6.07, 6.45) is 4.44. The van der Waals surface area contributed by atoms with Crippen LogP contribution in [0.5, 0.6) is 0 Å². The lowest BCUT2D eigenvalue weighted by atomic mass is 9.96. The molecule has 3 aromatic rings. The maximum atomic E-state index is 12.9. The van der Waals surface area contributed by atoms with Crippen LogP contribution in [0.2, 0.25) is 0 Å². The lowest BCUT2D eigenvalue weighted by Gasteiger charge is -2.23. The quantitative estimate of drug-likeness (QED) is 0.661. The SMILES string of the molecule is CN1CCN(Cc2ccncc2)C[C@@H](Cc2ccc(-c3cccs3)cc2)C1=O. The number of thiophene rings is 1. The van der Waals surface area contributed by atoms with Gasteiger partial charge in [0.1, 0.15) is 0 Å². The highest BCUT2D eigenvalue weighted by molar-refractivity contribution is 7.13. The summed E-state index contributed by atoms with van der Waals surface area (Å²) in [7, 11) is 1.92. The first-order valence-corrected chi connectivity index (χ1v) is 10.6. The number of aromatic nitrogens is 1. The van der Waals surface area contributed by atoms with Gasteiger partial charge in [-0.1, -0.05) is 30.3 Å². The highest BCUT2D eigenvalue weighted by atomic mass is 32.1. The molecule has 0 aliphatic carbocycles. The maximum absolute atomic E-state index is 12.9. The van der Waals surface area contributed by atoms with Crippen molar-refractivity contribution in [2.45, 2.75) is 13.0 Å². The largest absolute Gasteiger partial charge is 0.344 e. The van der Waals surface area contributed by atoms with Crippen molar-refractivity contribution in [1.82, 2.24) is 14.8 Å². The lowest BCUT2D eigenvalue weighted by molar-refractivity contribution is -0.133. The molecule has 0 saturated carbocycles. The van der Waals surface area contributed by atoms with E-state index in [1.807, 2.05) is 24.3 Å². The Balaban J connectivity index is 1.47. The fourth-order valence-corrected chi connectivity index (χ4v) is 4.50. The number of amides is 1. The molecule has 1 saturated heterocycles. The monoisotopic (exact) mass is 391 g/mol. The summed E-state index contributed by atoms with van der Waals surface area (Å²) >= 11 is 1.75. The van der Waals surface area contributed by atoms with Crippen molar-refractivity contribution in [3.05, 3.63) is 77.4 Å². The van der Waals surface area contributed by atoms with E-state index in [0.29, 0.717) is 0 Å². The molecule has 2 aromatic heterocycles. The van der Waals surface area contributed by atoms with Crippen LogP contribution in [0.15, 0.2) is 66.3 Å². The zero-order valence-corrected chi connectivity index (χ0v) is 16.9. The number of benzene rings is 1. The molecule has 4 nitrogen and oxygen atoms in total. The van der Waals surface area contributed by atoms with Gasteiger partial charge in [-0.05, 0) is 46.7 Å². The maximum Gasteiger partial charge on any atom is 0.227 e. The van der Waals surface area contributed by atoms with E-state index < -0.39 is 0 Å². The van der Waals surface area contributed by atoms with Gasteiger partial charge in [-0.15, -0.1) is 11.3 Å². The van der Waals surface area contributed by atoms with Gasteiger partial charge in [-0.3, -0.25) is 14.7 Å². The molecule has 4 rings (SSSR count). The average molecular weight is 392 g/mol. The van der Waals surface area contributed by atoms with Crippen LogP contribution in [0.25, 0.3) is 10.4 Å². The topological polar surface area (TPSA) is 36.4 Å². The molecule has 1 amide bonds. The molecule has 1 fully saturated rings. The van der Waals surface area contributed by atoms with E-state index >= 15 is 0 Å². The van der Waals surface area contributed by atoms with Crippen LogP contribution in [0.4, 0.5) is 0 Å². The fourth-order valence-electron chi connectivity index (χ4n) is 3.77. The second-order valence-corrected chi connectivity index (χ2v) is 8.37. The van der Waals surface area contributed by atoms with Crippen LogP contribution in [-0.4, -0.2) is 47.4 Å². The van der Waals surface area contributed by atoms with E-state index in [-0.39, 0.29) is 11.8 Å². The minimum atomic E-state index is -0.0121. The van der Waals surface area contributed by atoms with Crippen molar-refractivity contribution >= 4 is 17.2 Å². The predicted molar refractivity (Wildman–Crippen MR) is 114 cm³/mol. The van der Waals surface area contributed by atoms with Gasteiger partial charge in [0.2, 0.25) is 5.91 Å². The van der Waals surface area contributed by atoms with Crippen molar-refractivity contribution in [3.63, 3.8) is 0 Å².